The van der Waals surface area contributed by atoms with Crippen molar-refractivity contribution in [3.63, 3.8) is 0 Å². The number of carbonyl (C=O) groups is 1. The van der Waals surface area contributed by atoms with Crippen molar-refractivity contribution in [3.8, 4) is 0 Å². The Balaban J connectivity index is 2.18. The number of hydrogen-bond donors (Lipinski definition) is 2. The second kappa shape index (κ2) is 11.9. The molecule has 0 spiro atoms. The summed E-state index contributed by atoms with van der Waals surface area (Å²) in [6.07, 6.45) is 11.4. The van der Waals surface area contributed by atoms with Gasteiger partial charge in [0.1, 0.15) is 0 Å². The maximum atomic E-state index is 12.5. The van der Waals surface area contributed by atoms with Crippen LogP contribution in [-0.2, 0) is 4.79 Å². The highest BCUT2D eigenvalue weighted by Gasteiger charge is 2.26. The van der Waals surface area contributed by atoms with Crippen LogP contribution in [0.4, 0.5) is 0 Å². The second-order valence-electron chi connectivity index (χ2n) is 8.05. The molecule has 0 heterocycles. The Labute approximate surface area is 144 Å². The number of unbranched alkanes of at least 4 members (excludes halogenated alkanes) is 2. The zero-order chi connectivity index (χ0) is 17.1. The van der Waals surface area contributed by atoms with Crippen molar-refractivity contribution in [1.82, 2.24) is 10.6 Å². The van der Waals surface area contributed by atoms with Gasteiger partial charge in [-0.2, -0.15) is 0 Å². The topological polar surface area (TPSA) is 41.1 Å². The molecule has 0 aromatic heterocycles. The van der Waals surface area contributed by atoms with Gasteiger partial charge in [0.2, 0.25) is 5.91 Å². The van der Waals surface area contributed by atoms with Crippen molar-refractivity contribution in [1.29, 1.82) is 0 Å². The molecule has 3 heteroatoms. The standard InChI is InChI=1S/C20H40N2O/c1-16(2)19(15-18-11-7-5-8-12-18)20(23)22-14-10-6-9-13-21-17(3)4/h16-19,21H,5-15H2,1-4H3,(H,22,23)/t19-/m0/s1. The molecule has 0 aromatic rings. The number of nitrogens with one attached hydrogen (secondary N) is 2. The molecule has 1 aliphatic carbocycles. The molecule has 0 bridgehead atoms. The molecule has 0 saturated heterocycles. The normalized spacial score (nSPS) is 17.7. The summed E-state index contributed by atoms with van der Waals surface area (Å²) in [5.41, 5.74) is 0. The Morgan fingerprint density at radius 3 is 2.22 bits per heavy atom. The summed E-state index contributed by atoms with van der Waals surface area (Å²) in [4.78, 5) is 12.5. The van der Waals surface area contributed by atoms with Gasteiger partial charge in [-0.05, 0) is 37.6 Å². The van der Waals surface area contributed by atoms with E-state index in [4.69, 9.17) is 0 Å². The lowest BCUT2D eigenvalue weighted by Gasteiger charge is -2.28. The predicted molar refractivity (Wildman–Crippen MR) is 99.5 cm³/mol. The van der Waals surface area contributed by atoms with Crippen LogP contribution in [0.3, 0.4) is 0 Å². The fourth-order valence-corrected chi connectivity index (χ4v) is 3.62. The highest BCUT2D eigenvalue weighted by Crippen LogP contribution is 2.31. The van der Waals surface area contributed by atoms with Crippen molar-refractivity contribution in [2.75, 3.05) is 13.1 Å². The average Bonchev–Trinajstić information content (AvgIpc) is 2.52. The summed E-state index contributed by atoms with van der Waals surface area (Å²) in [6.45, 7) is 10.7. The van der Waals surface area contributed by atoms with Gasteiger partial charge in [0.25, 0.3) is 0 Å². The van der Waals surface area contributed by atoms with Crippen molar-refractivity contribution < 1.29 is 4.79 Å². The average molecular weight is 325 g/mol. The maximum absolute atomic E-state index is 12.5. The Morgan fingerprint density at radius 2 is 1.61 bits per heavy atom. The van der Waals surface area contributed by atoms with E-state index in [2.05, 4.69) is 38.3 Å². The summed E-state index contributed by atoms with van der Waals surface area (Å²) >= 11 is 0. The van der Waals surface area contributed by atoms with Gasteiger partial charge in [0, 0.05) is 18.5 Å². The Kier molecular flexibility index (Phi) is 10.6. The third-order valence-corrected chi connectivity index (χ3v) is 5.16. The van der Waals surface area contributed by atoms with E-state index in [-0.39, 0.29) is 5.92 Å². The number of carbonyl (C=O) groups excluding carboxylic acids is 1. The Bertz CT molecular complexity index is 309. The van der Waals surface area contributed by atoms with Crippen LogP contribution >= 0.6 is 0 Å². The molecule has 0 radical (unpaired) electrons. The molecule has 0 unspecified atom stereocenters. The molecule has 23 heavy (non-hydrogen) atoms. The van der Waals surface area contributed by atoms with Crippen LogP contribution in [0.25, 0.3) is 0 Å². The fraction of sp³-hybridized carbons (Fsp3) is 0.950. The number of hydrogen-bond acceptors (Lipinski definition) is 2. The summed E-state index contributed by atoms with van der Waals surface area (Å²) < 4.78 is 0. The minimum Gasteiger partial charge on any atom is -0.356 e. The van der Waals surface area contributed by atoms with Gasteiger partial charge in [-0.1, -0.05) is 66.2 Å². The molecule has 1 fully saturated rings. The van der Waals surface area contributed by atoms with Crippen LogP contribution < -0.4 is 10.6 Å². The van der Waals surface area contributed by atoms with Gasteiger partial charge >= 0.3 is 0 Å². The van der Waals surface area contributed by atoms with Gasteiger partial charge in [0.15, 0.2) is 0 Å². The highest BCUT2D eigenvalue weighted by molar-refractivity contribution is 5.78. The lowest BCUT2D eigenvalue weighted by atomic mass is 9.79. The largest absolute Gasteiger partial charge is 0.356 e. The SMILES string of the molecule is CC(C)NCCCCCNC(=O)[C@@H](CC1CCCCC1)C(C)C. The molecule has 1 amide bonds. The Hall–Kier alpha value is -0.570. The number of rotatable bonds is 11. The molecule has 1 saturated carbocycles. The minimum absolute atomic E-state index is 0.209. The van der Waals surface area contributed by atoms with E-state index in [9.17, 15) is 4.79 Å². The first-order valence-corrected chi connectivity index (χ1v) is 10.0. The maximum Gasteiger partial charge on any atom is 0.223 e. The Morgan fingerprint density at radius 1 is 0.957 bits per heavy atom. The first-order valence-electron chi connectivity index (χ1n) is 10.0. The quantitative estimate of drug-likeness (QED) is 0.549. The fourth-order valence-electron chi connectivity index (χ4n) is 3.62. The van der Waals surface area contributed by atoms with Crippen molar-refractivity contribution in [2.24, 2.45) is 17.8 Å². The van der Waals surface area contributed by atoms with Crippen LogP contribution in [0.1, 0.15) is 85.5 Å². The third kappa shape index (κ3) is 9.34. The van der Waals surface area contributed by atoms with Crippen molar-refractivity contribution >= 4 is 5.91 Å². The molecule has 1 rings (SSSR count). The van der Waals surface area contributed by atoms with Gasteiger partial charge in [0.05, 0.1) is 0 Å². The van der Waals surface area contributed by atoms with Crippen molar-refractivity contribution in [2.45, 2.75) is 91.5 Å². The summed E-state index contributed by atoms with van der Waals surface area (Å²) in [5, 5.41) is 6.63. The minimum atomic E-state index is 0.209. The predicted octanol–water partition coefficient (Wildman–Crippen LogP) is 4.51. The molecule has 3 nitrogen and oxygen atoms in total. The van der Waals surface area contributed by atoms with Gasteiger partial charge in [-0.15, -0.1) is 0 Å². The van der Waals surface area contributed by atoms with E-state index in [1.165, 1.54) is 44.9 Å². The third-order valence-electron chi connectivity index (χ3n) is 5.16. The van der Waals surface area contributed by atoms with Gasteiger partial charge in [-0.3, -0.25) is 4.79 Å². The first kappa shape index (κ1) is 20.5. The monoisotopic (exact) mass is 324 g/mol. The van der Waals surface area contributed by atoms with Crippen LogP contribution in [0, 0.1) is 17.8 Å². The summed E-state index contributed by atoms with van der Waals surface area (Å²) in [5.74, 6) is 1.74. The molecular formula is C20H40N2O. The molecule has 136 valence electrons. The van der Waals surface area contributed by atoms with E-state index >= 15 is 0 Å². The van der Waals surface area contributed by atoms with Crippen LogP contribution in [-0.4, -0.2) is 25.0 Å². The molecular weight excluding hydrogens is 284 g/mol. The van der Waals surface area contributed by atoms with Crippen LogP contribution in [0.5, 0.6) is 0 Å². The zero-order valence-corrected chi connectivity index (χ0v) is 16.0. The van der Waals surface area contributed by atoms with Gasteiger partial charge in [-0.25, -0.2) is 0 Å². The van der Waals surface area contributed by atoms with Crippen LogP contribution in [0.2, 0.25) is 0 Å². The molecule has 1 atom stereocenters. The van der Waals surface area contributed by atoms with E-state index in [0.29, 0.717) is 17.9 Å². The first-order chi connectivity index (χ1) is 11.0. The summed E-state index contributed by atoms with van der Waals surface area (Å²) in [6, 6.07) is 0.571. The lowest BCUT2D eigenvalue weighted by Crippen LogP contribution is -2.35. The zero-order valence-electron chi connectivity index (χ0n) is 16.0. The van der Waals surface area contributed by atoms with Crippen LogP contribution in [0.15, 0.2) is 0 Å². The molecule has 0 aromatic carbocycles. The van der Waals surface area contributed by atoms with E-state index in [0.717, 1.165) is 31.8 Å². The summed E-state index contributed by atoms with van der Waals surface area (Å²) in [7, 11) is 0. The molecule has 1 aliphatic rings. The van der Waals surface area contributed by atoms with Gasteiger partial charge < -0.3 is 10.6 Å². The molecule has 0 aliphatic heterocycles. The van der Waals surface area contributed by atoms with E-state index in [1.54, 1.807) is 0 Å². The second-order valence-corrected chi connectivity index (χ2v) is 8.05. The number of amides is 1. The van der Waals surface area contributed by atoms with E-state index in [1.807, 2.05) is 0 Å². The lowest BCUT2D eigenvalue weighted by molar-refractivity contribution is -0.127. The van der Waals surface area contributed by atoms with Crippen molar-refractivity contribution in [3.05, 3.63) is 0 Å². The molecule has 2 N–H and O–H groups in total. The smallest absolute Gasteiger partial charge is 0.223 e. The van der Waals surface area contributed by atoms with E-state index < -0.39 is 0 Å². The highest BCUT2D eigenvalue weighted by atomic mass is 16.1.